The zero-order chi connectivity index (χ0) is 26.6. The van der Waals surface area contributed by atoms with Crippen molar-refractivity contribution in [2.24, 2.45) is 29.1 Å². The molecule has 3 aliphatic rings. The number of cyclic esters (lactones) is 1. The zero-order valence-electron chi connectivity index (χ0n) is 22.5. The van der Waals surface area contributed by atoms with Crippen molar-refractivity contribution in [3.8, 4) is 0 Å². The van der Waals surface area contributed by atoms with Crippen molar-refractivity contribution in [3.63, 3.8) is 0 Å². The van der Waals surface area contributed by atoms with E-state index in [1.165, 1.54) is 0 Å². The van der Waals surface area contributed by atoms with Gasteiger partial charge in [-0.1, -0.05) is 27.7 Å². The molecular weight excluding hydrogens is 478 g/mol. The van der Waals surface area contributed by atoms with E-state index in [1.807, 2.05) is 32.2 Å². The van der Waals surface area contributed by atoms with Crippen LogP contribution in [0.5, 0.6) is 0 Å². The molecule has 1 aliphatic carbocycles. The second kappa shape index (κ2) is 9.93. The summed E-state index contributed by atoms with van der Waals surface area (Å²) in [6.07, 6.45) is 1.49. The Morgan fingerprint density at radius 2 is 1.89 bits per heavy atom. The highest BCUT2D eigenvalue weighted by Crippen LogP contribution is 2.56. The van der Waals surface area contributed by atoms with E-state index in [-0.39, 0.29) is 29.8 Å². The SMILES string of the molecule is C/C(=C\c1csc(C)n1)[C@@H]1C[C@@H]2O[C@]2(C)C[C@@H]2C[C@@H]2[C@H](C)[C@H](O)[C@@H](C)C(=O)C(C)(C)[C@@H](O)CC(=O)O1. The van der Waals surface area contributed by atoms with E-state index in [0.717, 1.165) is 29.1 Å². The van der Waals surface area contributed by atoms with Gasteiger partial charge in [-0.15, -0.1) is 11.3 Å². The van der Waals surface area contributed by atoms with Crippen LogP contribution in [0.1, 0.15) is 77.9 Å². The molecule has 0 aromatic carbocycles. The summed E-state index contributed by atoms with van der Waals surface area (Å²) < 4.78 is 12.1. The van der Waals surface area contributed by atoms with Gasteiger partial charge in [0.1, 0.15) is 11.9 Å². The predicted molar refractivity (Wildman–Crippen MR) is 138 cm³/mol. The average Bonchev–Trinajstić information content (AvgIpc) is 3.66. The first-order valence-corrected chi connectivity index (χ1v) is 14.0. The number of hydrogen-bond donors (Lipinski definition) is 2. The van der Waals surface area contributed by atoms with Crippen molar-refractivity contribution < 1.29 is 29.3 Å². The van der Waals surface area contributed by atoms with E-state index < -0.39 is 35.6 Å². The number of aromatic nitrogens is 1. The highest BCUT2D eigenvalue weighted by atomic mass is 32.1. The van der Waals surface area contributed by atoms with Crippen LogP contribution in [0.4, 0.5) is 0 Å². The molecule has 0 bridgehead atoms. The van der Waals surface area contributed by atoms with E-state index in [9.17, 15) is 19.8 Å². The van der Waals surface area contributed by atoms with Crippen molar-refractivity contribution in [1.29, 1.82) is 0 Å². The van der Waals surface area contributed by atoms with E-state index >= 15 is 0 Å². The molecule has 200 valence electrons. The lowest BCUT2D eigenvalue weighted by Gasteiger charge is -2.34. The van der Waals surface area contributed by atoms with Crippen LogP contribution in [0.3, 0.4) is 0 Å². The van der Waals surface area contributed by atoms with E-state index in [1.54, 1.807) is 32.1 Å². The molecule has 9 atom stereocenters. The number of ketones is 1. The Balaban J connectivity index is 1.59. The summed E-state index contributed by atoms with van der Waals surface area (Å²) in [6.45, 7) is 13.0. The lowest BCUT2D eigenvalue weighted by molar-refractivity contribution is -0.154. The van der Waals surface area contributed by atoms with Crippen molar-refractivity contribution in [2.45, 2.75) is 104 Å². The first-order chi connectivity index (χ1) is 16.7. The van der Waals surface area contributed by atoms with Crippen molar-refractivity contribution in [1.82, 2.24) is 4.98 Å². The van der Waals surface area contributed by atoms with Crippen LogP contribution in [0.25, 0.3) is 6.08 Å². The molecule has 4 rings (SSSR count). The van der Waals surface area contributed by atoms with E-state index in [4.69, 9.17) is 9.47 Å². The molecule has 3 fully saturated rings. The Hall–Kier alpha value is -1.61. The molecule has 0 amide bonds. The van der Waals surface area contributed by atoms with Crippen LogP contribution in [-0.2, 0) is 19.1 Å². The minimum Gasteiger partial charge on any atom is -0.458 e. The summed E-state index contributed by atoms with van der Waals surface area (Å²) in [5.41, 5.74) is 0.209. The molecule has 1 saturated carbocycles. The first kappa shape index (κ1) is 27.4. The summed E-state index contributed by atoms with van der Waals surface area (Å²) in [5, 5.41) is 24.9. The van der Waals surface area contributed by atoms with Gasteiger partial charge in [0.05, 0.1) is 46.5 Å². The van der Waals surface area contributed by atoms with Crippen LogP contribution in [0.15, 0.2) is 11.0 Å². The Labute approximate surface area is 218 Å². The number of fused-ring (bicyclic) bond motifs is 2. The fourth-order valence-corrected chi connectivity index (χ4v) is 6.54. The molecule has 2 saturated heterocycles. The molecule has 2 aliphatic heterocycles. The fraction of sp³-hybridized carbons (Fsp3) is 0.750. The van der Waals surface area contributed by atoms with Gasteiger partial charge in [-0.3, -0.25) is 9.59 Å². The van der Waals surface area contributed by atoms with E-state index in [2.05, 4.69) is 11.9 Å². The smallest absolute Gasteiger partial charge is 0.309 e. The third-order valence-corrected chi connectivity index (χ3v) is 9.66. The highest BCUT2D eigenvalue weighted by Gasteiger charge is 2.58. The second-order valence-electron chi connectivity index (χ2n) is 12.1. The molecule has 36 heavy (non-hydrogen) atoms. The van der Waals surface area contributed by atoms with Gasteiger partial charge in [0.25, 0.3) is 0 Å². The number of hydrogen-bond acceptors (Lipinski definition) is 8. The molecule has 0 spiro atoms. The normalized spacial score (nSPS) is 41.8. The minimum atomic E-state index is -1.22. The van der Waals surface area contributed by atoms with Crippen molar-refractivity contribution >= 4 is 29.2 Å². The van der Waals surface area contributed by atoms with Gasteiger partial charge in [-0.2, -0.15) is 0 Å². The van der Waals surface area contributed by atoms with E-state index in [0.29, 0.717) is 18.3 Å². The van der Waals surface area contributed by atoms with Crippen molar-refractivity contribution in [2.75, 3.05) is 0 Å². The maximum absolute atomic E-state index is 13.3. The summed E-state index contributed by atoms with van der Waals surface area (Å²) >= 11 is 1.56. The largest absolute Gasteiger partial charge is 0.458 e. The third kappa shape index (κ3) is 5.62. The van der Waals surface area contributed by atoms with Gasteiger partial charge >= 0.3 is 5.97 Å². The number of nitrogens with zero attached hydrogens (tertiary/aromatic N) is 1. The lowest BCUT2D eigenvalue weighted by atomic mass is 9.72. The number of carbonyl (C=O) groups is 2. The van der Waals surface area contributed by atoms with Crippen LogP contribution in [-0.4, -0.2) is 57.0 Å². The maximum atomic E-state index is 13.3. The van der Waals surface area contributed by atoms with Crippen molar-refractivity contribution in [3.05, 3.63) is 21.7 Å². The molecule has 8 heteroatoms. The topological polar surface area (TPSA) is 109 Å². The van der Waals surface area contributed by atoms with Gasteiger partial charge in [-0.05, 0) is 63.0 Å². The summed E-state index contributed by atoms with van der Waals surface area (Å²) in [4.78, 5) is 30.8. The quantitative estimate of drug-likeness (QED) is 0.442. The zero-order valence-corrected chi connectivity index (χ0v) is 23.3. The van der Waals surface area contributed by atoms with Crippen LogP contribution in [0, 0.1) is 36.0 Å². The summed E-state index contributed by atoms with van der Waals surface area (Å²) in [6, 6.07) is 0. The summed E-state index contributed by atoms with van der Waals surface area (Å²) in [5.74, 6) is -0.686. The number of aryl methyl sites for hydroxylation is 1. The number of aliphatic hydroxyl groups is 2. The molecular formula is C28H41NO6S. The van der Waals surface area contributed by atoms with Gasteiger partial charge in [0, 0.05) is 17.7 Å². The number of Topliss-reactive ketones (excluding diaryl/α,β-unsaturated/α-hetero) is 1. The number of epoxide rings is 1. The highest BCUT2D eigenvalue weighted by molar-refractivity contribution is 7.09. The number of rotatable bonds is 2. The Morgan fingerprint density at radius 1 is 1.19 bits per heavy atom. The summed E-state index contributed by atoms with van der Waals surface area (Å²) in [7, 11) is 0. The second-order valence-corrected chi connectivity index (χ2v) is 13.2. The van der Waals surface area contributed by atoms with Gasteiger partial charge in [0.2, 0.25) is 0 Å². The first-order valence-electron chi connectivity index (χ1n) is 13.1. The Bertz CT molecular complexity index is 1030. The Morgan fingerprint density at radius 3 is 2.53 bits per heavy atom. The number of carbonyl (C=O) groups excluding carboxylic acids is 2. The third-order valence-electron chi connectivity index (χ3n) is 8.87. The van der Waals surface area contributed by atoms with Gasteiger partial charge in [0.15, 0.2) is 0 Å². The van der Waals surface area contributed by atoms with Crippen LogP contribution in [0.2, 0.25) is 0 Å². The molecule has 2 N–H and O–H groups in total. The van der Waals surface area contributed by atoms with Gasteiger partial charge in [-0.25, -0.2) is 4.98 Å². The lowest BCUT2D eigenvalue weighted by Crippen LogP contribution is -2.46. The average molecular weight is 520 g/mol. The van der Waals surface area contributed by atoms with Crippen LogP contribution < -0.4 is 0 Å². The molecule has 3 heterocycles. The monoisotopic (exact) mass is 519 g/mol. The molecule has 1 aromatic rings. The number of esters is 1. The number of aliphatic hydroxyl groups excluding tert-OH is 2. The predicted octanol–water partition coefficient (Wildman–Crippen LogP) is 4.33. The molecule has 7 nitrogen and oxygen atoms in total. The molecule has 1 aromatic heterocycles. The fourth-order valence-electron chi connectivity index (χ4n) is 5.97. The number of thiazole rings is 1. The maximum Gasteiger partial charge on any atom is 0.309 e. The standard InChI is InChI=1S/C28H41NO6S/c1-14(8-19-13-36-17(4)29-19)21-10-23-28(7,35-23)12-18-9-20(18)15(2)25(32)16(3)26(33)27(5,6)22(30)11-24(31)34-21/h8,13,15-16,18,20-23,25,30,32H,9-12H2,1-7H3/b14-8+/t15-,16+,18-,20+,21-,22-,23-,25-,28+/m0/s1. The van der Waals surface area contributed by atoms with Gasteiger partial charge < -0.3 is 19.7 Å². The minimum absolute atomic E-state index is 0.0277. The molecule has 0 radical (unpaired) electrons. The molecule has 0 unspecified atom stereocenters. The number of ether oxygens (including phenoxy) is 2. The van der Waals surface area contributed by atoms with Crippen LogP contribution >= 0.6 is 11.3 Å². The Kier molecular flexibility index (Phi) is 7.57.